The molecule has 0 saturated heterocycles. The molecule has 1 radical (unpaired) electrons. The summed E-state index contributed by atoms with van der Waals surface area (Å²) in [6, 6.07) is 0. The van der Waals surface area contributed by atoms with Gasteiger partial charge in [-0.1, -0.05) is 0 Å². The Morgan fingerprint density at radius 3 is 1.00 bits per heavy atom. The van der Waals surface area contributed by atoms with E-state index in [1.54, 1.807) is 0 Å². The fraction of sp³-hybridized carbons (Fsp3) is 0. The number of carboxylic acids is 4. The third kappa shape index (κ3) is 31.5. The van der Waals surface area contributed by atoms with Crippen molar-refractivity contribution in [3.05, 3.63) is 24.3 Å². The molecule has 0 saturated carbocycles. The summed E-state index contributed by atoms with van der Waals surface area (Å²) in [6.45, 7) is 0. The van der Waals surface area contributed by atoms with Crippen LogP contribution >= 0.6 is 0 Å². The molecule has 0 aliphatic carbocycles. The Kier molecular flexibility index (Phi) is 14.3. The molecule has 0 unspecified atom stereocenters. The van der Waals surface area contributed by atoms with Crippen LogP contribution in [-0.4, -0.2) is 34.1 Å². The van der Waals surface area contributed by atoms with Crippen LogP contribution in [0.5, 0.6) is 0 Å². The van der Waals surface area contributed by atoms with Gasteiger partial charge in [-0.15, -0.1) is 0 Å². The summed E-state index contributed by atoms with van der Waals surface area (Å²) < 4.78 is 0. The molecule has 0 atom stereocenters. The van der Waals surface area contributed by atoms with Gasteiger partial charge in [0, 0.05) is 12.2 Å². The standard InChI is InChI=1S/2C4H4O4.Mn/c2*5-3(6)1-2-4(7)8;/h2*1-2H,(H,5,6)(H,7,8);/q;;+2/p-2/b2*2-1+;. The minimum atomic E-state index is -1.51. The minimum absolute atomic E-state index is 0. The van der Waals surface area contributed by atoms with E-state index in [2.05, 4.69) is 0 Å². The van der Waals surface area contributed by atoms with Crippen LogP contribution in [0.25, 0.3) is 0 Å². The predicted octanol–water partition coefficient (Wildman–Crippen LogP) is -3.25. The van der Waals surface area contributed by atoms with E-state index in [4.69, 9.17) is 10.2 Å². The Labute approximate surface area is 105 Å². The first-order valence-electron chi connectivity index (χ1n) is 3.49. The zero-order chi connectivity index (χ0) is 13.1. The van der Waals surface area contributed by atoms with Gasteiger partial charge in [-0.3, -0.25) is 0 Å². The van der Waals surface area contributed by atoms with Gasteiger partial charge in [-0.05, 0) is 12.2 Å². The first-order valence-corrected chi connectivity index (χ1v) is 3.49. The second-order valence-electron chi connectivity index (χ2n) is 1.98. The van der Waals surface area contributed by atoms with E-state index in [0.29, 0.717) is 24.3 Å². The minimum Gasteiger partial charge on any atom is -0.545 e. The zero-order valence-electron chi connectivity index (χ0n) is 8.03. The number of hydrogen-bond acceptors (Lipinski definition) is 6. The van der Waals surface area contributed by atoms with E-state index in [9.17, 15) is 29.4 Å². The first kappa shape index (κ1) is 20.3. The maximum Gasteiger partial charge on any atom is 2.00 e. The van der Waals surface area contributed by atoms with Gasteiger partial charge in [0.15, 0.2) is 0 Å². The summed E-state index contributed by atoms with van der Waals surface area (Å²) >= 11 is 0. The number of hydrogen-bond donors (Lipinski definition) is 2. The van der Waals surface area contributed by atoms with Crippen LogP contribution in [0, 0.1) is 0 Å². The third-order valence-corrected chi connectivity index (χ3v) is 0.724. The average Bonchev–Trinajstić information content (AvgIpc) is 2.12. The second kappa shape index (κ2) is 12.0. The number of carbonyl (C=O) groups excluding carboxylic acids is 2. The van der Waals surface area contributed by atoms with E-state index in [-0.39, 0.29) is 17.1 Å². The van der Waals surface area contributed by atoms with Crippen molar-refractivity contribution in [3.63, 3.8) is 0 Å². The molecule has 0 aliphatic heterocycles. The quantitative estimate of drug-likeness (QED) is 0.403. The van der Waals surface area contributed by atoms with E-state index in [1.165, 1.54) is 0 Å². The van der Waals surface area contributed by atoms with Crippen LogP contribution in [0.15, 0.2) is 24.3 Å². The molecule has 0 bridgehead atoms. The summed E-state index contributed by atoms with van der Waals surface area (Å²) in [5.74, 6) is -5.61. The van der Waals surface area contributed by atoms with Crippen molar-refractivity contribution < 1.29 is 56.7 Å². The monoisotopic (exact) mass is 285 g/mol. The van der Waals surface area contributed by atoms with Crippen LogP contribution < -0.4 is 10.2 Å². The molecule has 8 nitrogen and oxygen atoms in total. The summed E-state index contributed by atoms with van der Waals surface area (Å²) in [6.07, 6.45) is 1.88. The van der Waals surface area contributed by atoms with Crippen LogP contribution in [-0.2, 0) is 36.2 Å². The van der Waals surface area contributed by atoms with Crippen molar-refractivity contribution in [3.8, 4) is 0 Å². The smallest absolute Gasteiger partial charge is 0.545 e. The fourth-order valence-corrected chi connectivity index (χ4v) is 0.279. The van der Waals surface area contributed by atoms with Gasteiger partial charge in [0.1, 0.15) is 0 Å². The average molecular weight is 285 g/mol. The Morgan fingerprint density at radius 1 is 0.706 bits per heavy atom. The summed E-state index contributed by atoms with van der Waals surface area (Å²) in [5, 5.41) is 34.5. The van der Waals surface area contributed by atoms with Gasteiger partial charge in [0.2, 0.25) is 0 Å². The van der Waals surface area contributed by atoms with Crippen LogP contribution in [0.1, 0.15) is 0 Å². The molecular weight excluding hydrogens is 279 g/mol. The molecular formula is C8H6MnO8. The number of carboxylic acid groups (broad SMARTS) is 4. The van der Waals surface area contributed by atoms with Crippen LogP contribution in [0.4, 0.5) is 0 Å². The molecule has 0 aromatic rings. The number of carbonyl (C=O) groups is 4. The summed E-state index contributed by atoms with van der Waals surface area (Å²) in [4.78, 5) is 37.9. The fourth-order valence-electron chi connectivity index (χ4n) is 0.279. The van der Waals surface area contributed by atoms with E-state index >= 15 is 0 Å². The molecule has 0 amide bonds. The third-order valence-electron chi connectivity index (χ3n) is 0.724. The Bertz CT molecular complexity index is 277. The molecule has 0 fully saturated rings. The number of aliphatic carboxylic acids is 4. The topological polar surface area (TPSA) is 155 Å². The molecule has 93 valence electrons. The van der Waals surface area contributed by atoms with Gasteiger partial charge >= 0.3 is 29.0 Å². The van der Waals surface area contributed by atoms with Crippen molar-refractivity contribution in [1.29, 1.82) is 0 Å². The van der Waals surface area contributed by atoms with E-state index in [1.807, 2.05) is 0 Å². The first-order chi connectivity index (χ1) is 7.25. The molecule has 2 N–H and O–H groups in total. The maximum absolute atomic E-state index is 9.53. The SMILES string of the molecule is O=C([O-])/C=C/C(=O)O.O=C([O-])/C=C/C(=O)O.[Mn+2]. The molecule has 0 rings (SSSR count). The van der Waals surface area contributed by atoms with Gasteiger partial charge in [-0.2, -0.15) is 0 Å². The molecule has 0 aromatic heterocycles. The van der Waals surface area contributed by atoms with Gasteiger partial charge in [0.05, 0.1) is 11.9 Å². The Balaban J connectivity index is -0.000000218. The number of rotatable bonds is 4. The Hall–Kier alpha value is -2.12. The molecule has 9 heteroatoms. The van der Waals surface area contributed by atoms with Crippen LogP contribution in [0.3, 0.4) is 0 Å². The van der Waals surface area contributed by atoms with E-state index < -0.39 is 23.9 Å². The normalized spacial score (nSPS) is 8.94. The van der Waals surface area contributed by atoms with Crippen molar-refractivity contribution >= 4 is 23.9 Å². The molecule has 0 aromatic carbocycles. The van der Waals surface area contributed by atoms with E-state index in [0.717, 1.165) is 0 Å². The van der Waals surface area contributed by atoms with Crippen molar-refractivity contribution in [2.24, 2.45) is 0 Å². The van der Waals surface area contributed by atoms with Crippen molar-refractivity contribution in [1.82, 2.24) is 0 Å². The van der Waals surface area contributed by atoms with Gasteiger partial charge in [0.25, 0.3) is 0 Å². The summed E-state index contributed by atoms with van der Waals surface area (Å²) in [5.41, 5.74) is 0. The molecule has 17 heavy (non-hydrogen) atoms. The summed E-state index contributed by atoms with van der Waals surface area (Å²) in [7, 11) is 0. The molecule has 0 spiro atoms. The molecule has 0 aliphatic rings. The van der Waals surface area contributed by atoms with Crippen LogP contribution in [0.2, 0.25) is 0 Å². The van der Waals surface area contributed by atoms with Crippen molar-refractivity contribution in [2.75, 3.05) is 0 Å². The maximum atomic E-state index is 9.53. The second-order valence-corrected chi connectivity index (χ2v) is 1.98. The predicted molar refractivity (Wildman–Crippen MR) is 43.6 cm³/mol. The Morgan fingerprint density at radius 2 is 0.941 bits per heavy atom. The van der Waals surface area contributed by atoms with Gasteiger partial charge < -0.3 is 30.0 Å². The zero-order valence-corrected chi connectivity index (χ0v) is 9.21. The molecule has 0 heterocycles. The van der Waals surface area contributed by atoms with Crippen molar-refractivity contribution in [2.45, 2.75) is 0 Å². The van der Waals surface area contributed by atoms with Gasteiger partial charge in [-0.25, -0.2) is 9.59 Å². The largest absolute Gasteiger partial charge is 2.00 e.